The minimum atomic E-state index is -0.919. The van der Waals surface area contributed by atoms with Gasteiger partial charge in [-0.2, -0.15) is 0 Å². The van der Waals surface area contributed by atoms with Crippen LogP contribution < -0.4 is 4.90 Å². The van der Waals surface area contributed by atoms with Gasteiger partial charge in [-0.15, -0.1) is 0 Å². The van der Waals surface area contributed by atoms with E-state index in [1.165, 1.54) is 12.0 Å². The number of ketones is 1. The summed E-state index contributed by atoms with van der Waals surface area (Å²) in [6.45, 7) is 1.91. The predicted octanol–water partition coefficient (Wildman–Crippen LogP) is 5.82. The molecule has 3 aromatic rings. The van der Waals surface area contributed by atoms with Crippen LogP contribution in [0.15, 0.2) is 76.8 Å². The third-order valence-corrected chi connectivity index (χ3v) is 6.75. The second-order valence-electron chi connectivity index (χ2n) is 7.72. The Balaban J connectivity index is 1.92. The molecule has 172 valence electrons. The maximum Gasteiger partial charge on any atom is 0.337 e. The number of halogens is 2. The van der Waals surface area contributed by atoms with Crippen molar-refractivity contribution in [2.24, 2.45) is 0 Å². The number of aliphatic hydroxyl groups excluding tert-OH is 1. The normalized spacial score (nSPS) is 17.2. The van der Waals surface area contributed by atoms with Gasteiger partial charge in [0, 0.05) is 20.7 Å². The molecule has 1 fully saturated rings. The van der Waals surface area contributed by atoms with Gasteiger partial charge in [0.15, 0.2) is 0 Å². The molecule has 0 spiro atoms. The summed E-state index contributed by atoms with van der Waals surface area (Å²) in [6, 6.07) is 17.1. The van der Waals surface area contributed by atoms with Gasteiger partial charge in [-0.05, 0) is 66.6 Å². The van der Waals surface area contributed by atoms with Crippen LogP contribution >= 0.6 is 27.5 Å². The first-order valence-electron chi connectivity index (χ1n) is 10.2. The average Bonchev–Trinajstić information content (AvgIpc) is 3.11. The largest absolute Gasteiger partial charge is 0.507 e. The number of rotatable bonds is 4. The molecule has 1 saturated heterocycles. The van der Waals surface area contributed by atoms with Crippen molar-refractivity contribution in [1.29, 1.82) is 0 Å². The number of ether oxygens (including phenoxy) is 1. The Bertz CT molecular complexity index is 1330. The summed E-state index contributed by atoms with van der Waals surface area (Å²) in [4.78, 5) is 39.7. The highest BCUT2D eigenvalue weighted by Gasteiger charge is 2.47. The molecule has 1 N–H and O–H groups in total. The number of carbonyl (C=O) groups is 3. The van der Waals surface area contributed by atoms with Gasteiger partial charge in [0.2, 0.25) is 0 Å². The van der Waals surface area contributed by atoms with Crippen molar-refractivity contribution in [2.75, 3.05) is 12.0 Å². The molecule has 4 rings (SSSR count). The van der Waals surface area contributed by atoms with Gasteiger partial charge < -0.3 is 9.84 Å². The van der Waals surface area contributed by atoms with Crippen molar-refractivity contribution < 1.29 is 24.2 Å². The summed E-state index contributed by atoms with van der Waals surface area (Å²) in [5.41, 5.74) is 2.59. The van der Waals surface area contributed by atoms with Gasteiger partial charge in [-0.25, -0.2) is 4.79 Å². The van der Waals surface area contributed by atoms with E-state index in [0.717, 1.165) is 10.0 Å². The van der Waals surface area contributed by atoms with Gasteiger partial charge in [0.25, 0.3) is 11.7 Å². The van der Waals surface area contributed by atoms with E-state index in [1.54, 1.807) is 60.7 Å². The minimum absolute atomic E-state index is 0.0603. The standard InChI is InChI=1S/C26H19BrClNO5/c1-14-3-12-19(13-20(14)27)29-22(15-4-6-17(7-5-15)26(33)34-2)21(24(31)25(29)32)23(30)16-8-10-18(28)11-9-16/h3-13,22,30H,1-2H3/b23-21-. The highest BCUT2D eigenvalue weighted by Crippen LogP contribution is 2.43. The third kappa shape index (κ3) is 4.24. The summed E-state index contributed by atoms with van der Waals surface area (Å²) < 4.78 is 5.52. The van der Waals surface area contributed by atoms with Crippen LogP contribution in [0.5, 0.6) is 0 Å². The van der Waals surface area contributed by atoms with Crippen LogP contribution in [0, 0.1) is 6.92 Å². The molecule has 8 heteroatoms. The summed E-state index contributed by atoms with van der Waals surface area (Å²) in [6.07, 6.45) is 0. The zero-order valence-electron chi connectivity index (χ0n) is 18.2. The van der Waals surface area contributed by atoms with Crippen LogP contribution in [-0.2, 0) is 14.3 Å². The first kappa shape index (κ1) is 23.7. The Morgan fingerprint density at radius 2 is 1.62 bits per heavy atom. The Labute approximate surface area is 209 Å². The maximum atomic E-state index is 13.2. The van der Waals surface area contributed by atoms with Gasteiger partial charge in [-0.3, -0.25) is 14.5 Å². The van der Waals surface area contributed by atoms with Crippen LogP contribution in [-0.4, -0.2) is 29.9 Å². The lowest BCUT2D eigenvalue weighted by Gasteiger charge is -2.26. The number of benzene rings is 3. The first-order chi connectivity index (χ1) is 16.2. The molecule has 0 aromatic heterocycles. The van der Waals surface area contributed by atoms with Crippen LogP contribution in [0.3, 0.4) is 0 Å². The van der Waals surface area contributed by atoms with Gasteiger partial charge in [0.05, 0.1) is 24.3 Å². The average molecular weight is 541 g/mol. The number of Topliss-reactive ketones (excluding diaryl/α,β-unsaturated/α-hetero) is 1. The highest BCUT2D eigenvalue weighted by molar-refractivity contribution is 9.10. The molecule has 3 aromatic carbocycles. The lowest BCUT2D eigenvalue weighted by atomic mass is 9.94. The first-order valence-corrected chi connectivity index (χ1v) is 11.4. The van der Waals surface area contributed by atoms with Gasteiger partial charge in [-0.1, -0.05) is 45.7 Å². The zero-order valence-corrected chi connectivity index (χ0v) is 20.6. The van der Waals surface area contributed by atoms with E-state index < -0.39 is 23.7 Å². The summed E-state index contributed by atoms with van der Waals surface area (Å²) >= 11 is 9.44. The molecule has 1 aliphatic rings. The Morgan fingerprint density at radius 1 is 1.00 bits per heavy atom. The SMILES string of the molecule is COC(=O)c1ccc(C2/C(=C(/O)c3ccc(Cl)cc3)C(=O)C(=O)N2c2ccc(C)c(Br)c2)cc1. The summed E-state index contributed by atoms with van der Waals surface area (Å²) in [5.74, 6) is -2.41. The number of aliphatic hydroxyl groups is 1. The Hall–Kier alpha value is -3.42. The smallest absolute Gasteiger partial charge is 0.337 e. The number of carbonyl (C=O) groups excluding carboxylic acids is 3. The van der Waals surface area contributed by atoms with Crippen LogP contribution in [0.2, 0.25) is 5.02 Å². The number of hydrogen-bond acceptors (Lipinski definition) is 5. The monoisotopic (exact) mass is 539 g/mol. The molecule has 0 bridgehead atoms. The fourth-order valence-electron chi connectivity index (χ4n) is 3.83. The van der Waals surface area contributed by atoms with E-state index in [2.05, 4.69) is 15.9 Å². The quantitative estimate of drug-likeness (QED) is 0.195. The van der Waals surface area contributed by atoms with Crippen LogP contribution in [0.1, 0.15) is 33.1 Å². The Morgan fingerprint density at radius 3 is 2.21 bits per heavy atom. The highest BCUT2D eigenvalue weighted by atomic mass is 79.9. The fraction of sp³-hybridized carbons (Fsp3) is 0.115. The molecule has 6 nitrogen and oxygen atoms in total. The number of anilines is 1. The molecule has 0 saturated carbocycles. The number of amides is 1. The van der Waals surface area contributed by atoms with Crippen molar-refractivity contribution in [3.63, 3.8) is 0 Å². The van der Waals surface area contributed by atoms with Crippen molar-refractivity contribution >= 4 is 56.6 Å². The van der Waals surface area contributed by atoms with Gasteiger partial charge in [0.1, 0.15) is 5.76 Å². The summed E-state index contributed by atoms with van der Waals surface area (Å²) in [5, 5.41) is 11.6. The molecule has 1 amide bonds. The van der Waals surface area contributed by atoms with Gasteiger partial charge >= 0.3 is 5.97 Å². The van der Waals surface area contributed by atoms with Crippen molar-refractivity contribution in [2.45, 2.75) is 13.0 Å². The van der Waals surface area contributed by atoms with Crippen molar-refractivity contribution in [1.82, 2.24) is 0 Å². The Kier molecular flexibility index (Phi) is 6.59. The topological polar surface area (TPSA) is 83.9 Å². The van der Waals surface area contributed by atoms with Crippen molar-refractivity contribution in [3.8, 4) is 0 Å². The molecular formula is C26H19BrClNO5. The molecule has 1 heterocycles. The molecule has 1 atom stereocenters. The minimum Gasteiger partial charge on any atom is -0.507 e. The maximum absolute atomic E-state index is 13.2. The predicted molar refractivity (Wildman–Crippen MR) is 133 cm³/mol. The summed E-state index contributed by atoms with van der Waals surface area (Å²) in [7, 11) is 1.28. The third-order valence-electron chi connectivity index (χ3n) is 5.64. The van der Waals surface area contributed by atoms with E-state index in [0.29, 0.717) is 27.4 Å². The van der Waals surface area contributed by atoms with Crippen LogP contribution in [0.4, 0.5) is 5.69 Å². The lowest BCUT2D eigenvalue weighted by Crippen LogP contribution is -2.29. The molecule has 34 heavy (non-hydrogen) atoms. The number of hydrogen-bond donors (Lipinski definition) is 1. The number of methoxy groups -OCH3 is 1. The van der Waals surface area contributed by atoms with E-state index in [1.807, 2.05) is 13.0 Å². The molecule has 0 radical (unpaired) electrons. The van der Waals surface area contributed by atoms with Crippen LogP contribution in [0.25, 0.3) is 5.76 Å². The van der Waals surface area contributed by atoms with E-state index in [4.69, 9.17) is 16.3 Å². The zero-order chi connectivity index (χ0) is 24.6. The number of aryl methyl sites for hydroxylation is 1. The molecule has 1 unspecified atom stereocenters. The van der Waals surface area contributed by atoms with E-state index in [-0.39, 0.29) is 11.3 Å². The van der Waals surface area contributed by atoms with E-state index >= 15 is 0 Å². The van der Waals surface area contributed by atoms with Crippen molar-refractivity contribution in [3.05, 3.63) is 104 Å². The molecule has 0 aliphatic carbocycles. The molecule has 1 aliphatic heterocycles. The fourth-order valence-corrected chi connectivity index (χ4v) is 4.32. The lowest BCUT2D eigenvalue weighted by molar-refractivity contribution is -0.132. The molecular weight excluding hydrogens is 522 g/mol. The second kappa shape index (κ2) is 9.44. The van der Waals surface area contributed by atoms with E-state index in [9.17, 15) is 19.5 Å². The number of esters is 1. The number of nitrogens with zero attached hydrogens (tertiary/aromatic N) is 1. The second-order valence-corrected chi connectivity index (χ2v) is 9.01.